The van der Waals surface area contributed by atoms with E-state index in [0.29, 0.717) is 35.8 Å². The van der Waals surface area contributed by atoms with Gasteiger partial charge in [-0.25, -0.2) is 4.68 Å². The van der Waals surface area contributed by atoms with Gasteiger partial charge in [0.05, 0.1) is 16.7 Å². The first-order chi connectivity index (χ1) is 12.8. The second-order valence-corrected chi connectivity index (χ2v) is 7.01. The van der Waals surface area contributed by atoms with Gasteiger partial charge in [-0.2, -0.15) is 10.1 Å². The number of fused-ring (bicyclic) bond motifs is 1. The average Bonchev–Trinajstić information content (AvgIpc) is 3.04. The molecule has 1 aromatic carbocycles. The van der Waals surface area contributed by atoms with Crippen molar-refractivity contribution in [1.29, 1.82) is 0 Å². The fourth-order valence-corrected chi connectivity index (χ4v) is 2.65. The molecule has 0 bridgehead atoms. The van der Waals surface area contributed by atoms with Crippen LogP contribution in [0.2, 0.25) is 0 Å². The molecule has 3 aromatic rings. The highest BCUT2D eigenvalue weighted by Crippen LogP contribution is 2.22. The molecule has 27 heavy (non-hydrogen) atoms. The largest absolute Gasteiger partial charge is 0.378 e. The SMILES string of the molecule is CC(C)(C)n1ncc2c(=O)[nH]c(NCCNc3ccccc3[N+](=O)[O-])nc21. The van der Waals surface area contributed by atoms with Crippen LogP contribution in [0.4, 0.5) is 17.3 Å². The van der Waals surface area contributed by atoms with Crippen LogP contribution in [0.1, 0.15) is 20.8 Å². The van der Waals surface area contributed by atoms with E-state index in [1.807, 2.05) is 20.8 Å². The quantitative estimate of drug-likeness (QED) is 0.344. The summed E-state index contributed by atoms with van der Waals surface area (Å²) >= 11 is 0. The van der Waals surface area contributed by atoms with Gasteiger partial charge in [0, 0.05) is 19.2 Å². The van der Waals surface area contributed by atoms with Gasteiger partial charge < -0.3 is 10.6 Å². The van der Waals surface area contributed by atoms with Crippen LogP contribution < -0.4 is 16.2 Å². The first-order valence-electron chi connectivity index (χ1n) is 8.47. The monoisotopic (exact) mass is 371 g/mol. The smallest absolute Gasteiger partial charge is 0.292 e. The molecule has 142 valence electrons. The molecule has 3 N–H and O–H groups in total. The lowest BCUT2D eigenvalue weighted by Gasteiger charge is -2.19. The third-order valence-corrected chi connectivity index (χ3v) is 3.91. The van der Waals surface area contributed by atoms with Gasteiger partial charge in [0.25, 0.3) is 11.2 Å². The van der Waals surface area contributed by atoms with E-state index in [4.69, 9.17) is 0 Å². The Morgan fingerprint density at radius 1 is 1.22 bits per heavy atom. The van der Waals surface area contributed by atoms with Gasteiger partial charge in [-0.1, -0.05) is 12.1 Å². The molecule has 10 heteroatoms. The van der Waals surface area contributed by atoms with Gasteiger partial charge in [-0.15, -0.1) is 0 Å². The predicted octanol–water partition coefficient (Wildman–Crippen LogP) is 2.31. The van der Waals surface area contributed by atoms with Gasteiger partial charge >= 0.3 is 0 Å². The number of aromatic amines is 1. The number of benzene rings is 1. The predicted molar refractivity (Wildman–Crippen MR) is 103 cm³/mol. The zero-order valence-electron chi connectivity index (χ0n) is 15.3. The molecule has 3 rings (SSSR count). The van der Waals surface area contributed by atoms with E-state index in [0.717, 1.165) is 0 Å². The number of hydrogen-bond acceptors (Lipinski definition) is 7. The van der Waals surface area contributed by atoms with Crippen molar-refractivity contribution in [2.45, 2.75) is 26.3 Å². The number of nitro groups is 1. The van der Waals surface area contributed by atoms with E-state index in [1.54, 1.807) is 22.9 Å². The van der Waals surface area contributed by atoms with Crippen LogP contribution in [-0.4, -0.2) is 37.8 Å². The molecule has 0 spiro atoms. The van der Waals surface area contributed by atoms with Crippen LogP contribution >= 0.6 is 0 Å². The molecule has 0 aliphatic rings. The molecule has 0 radical (unpaired) electrons. The second-order valence-electron chi connectivity index (χ2n) is 7.01. The maximum absolute atomic E-state index is 12.2. The number of rotatable bonds is 6. The standard InChI is InChI=1S/C17H21N7O3/c1-17(2,3)23-14-11(10-20-23)15(25)22-16(21-14)19-9-8-18-12-6-4-5-7-13(12)24(26)27/h4-7,10,18H,8-9H2,1-3H3,(H2,19,21,22,25). The van der Waals surface area contributed by atoms with Crippen molar-refractivity contribution in [2.24, 2.45) is 0 Å². The topological polar surface area (TPSA) is 131 Å². The van der Waals surface area contributed by atoms with Gasteiger partial charge in [0.1, 0.15) is 11.1 Å². The number of aromatic nitrogens is 4. The van der Waals surface area contributed by atoms with Crippen molar-refractivity contribution in [2.75, 3.05) is 23.7 Å². The average molecular weight is 371 g/mol. The van der Waals surface area contributed by atoms with Crippen molar-refractivity contribution in [3.8, 4) is 0 Å². The van der Waals surface area contributed by atoms with Gasteiger partial charge in [-0.3, -0.25) is 19.9 Å². The number of anilines is 2. The Kier molecular flexibility index (Phi) is 4.80. The minimum absolute atomic E-state index is 0.0135. The van der Waals surface area contributed by atoms with Crippen LogP contribution in [0.25, 0.3) is 11.0 Å². The van der Waals surface area contributed by atoms with Gasteiger partial charge in [-0.05, 0) is 26.8 Å². The molecule has 0 unspecified atom stereocenters. The summed E-state index contributed by atoms with van der Waals surface area (Å²) in [6, 6.07) is 6.43. The zero-order valence-corrected chi connectivity index (χ0v) is 15.3. The Balaban J connectivity index is 1.71. The van der Waals surface area contributed by atoms with Crippen molar-refractivity contribution in [1.82, 2.24) is 19.7 Å². The van der Waals surface area contributed by atoms with E-state index in [-0.39, 0.29) is 16.8 Å². The first kappa shape index (κ1) is 18.4. The summed E-state index contributed by atoms with van der Waals surface area (Å²) in [5, 5.41) is 21.7. The molecule has 0 saturated carbocycles. The van der Waals surface area contributed by atoms with E-state index in [2.05, 4.69) is 25.7 Å². The van der Waals surface area contributed by atoms with Crippen molar-refractivity contribution in [3.63, 3.8) is 0 Å². The summed E-state index contributed by atoms with van der Waals surface area (Å²) in [5.41, 5.74) is 0.366. The molecule has 0 fully saturated rings. The lowest BCUT2D eigenvalue weighted by molar-refractivity contribution is -0.384. The third-order valence-electron chi connectivity index (χ3n) is 3.91. The molecular weight excluding hydrogens is 350 g/mol. The molecule has 2 aromatic heterocycles. The van der Waals surface area contributed by atoms with E-state index in [1.165, 1.54) is 12.3 Å². The van der Waals surface area contributed by atoms with Crippen LogP contribution in [0.5, 0.6) is 0 Å². The summed E-state index contributed by atoms with van der Waals surface area (Å²) in [6.45, 7) is 6.75. The fraction of sp³-hybridized carbons (Fsp3) is 0.353. The van der Waals surface area contributed by atoms with Crippen LogP contribution in [0.3, 0.4) is 0 Å². The number of hydrogen-bond donors (Lipinski definition) is 3. The zero-order chi connectivity index (χ0) is 19.6. The Morgan fingerprint density at radius 2 is 1.93 bits per heavy atom. The Hall–Kier alpha value is -3.43. The van der Waals surface area contributed by atoms with E-state index < -0.39 is 4.92 Å². The minimum atomic E-state index is -0.434. The van der Waals surface area contributed by atoms with Gasteiger partial charge in [0.2, 0.25) is 5.95 Å². The normalized spacial score (nSPS) is 11.5. The lowest BCUT2D eigenvalue weighted by atomic mass is 10.1. The molecule has 0 aliphatic heterocycles. The van der Waals surface area contributed by atoms with E-state index >= 15 is 0 Å². The fourth-order valence-electron chi connectivity index (χ4n) is 2.65. The maximum Gasteiger partial charge on any atom is 0.292 e. The number of para-hydroxylation sites is 2. The Bertz CT molecular complexity index is 1030. The highest BCUT2D eigenvalue weighted by molar-refractivity contribution is 5.74. The van der Waals surface area contributed by atoms with Crippen molar-refractivity contribution < 1.29 is 4.92 Å². The summed E-state index contributed by atoms with van der Waals surface area (Å²) in [7, 11) is 0. The van der Waals surface area contributed by atoms with Crippen LogP contribution in [-0.2, 0) is 5.54 Å². The van der Waals surface area contributed by atoms with E-state index in [9.17, 15) is 14.9 Å². The maximum atomic E-state index is 12.2. The molecular formula is C17H21N7O3. The minimum Gasteiger partial charge on any atom is -0.378 e. The lowest BCUT2D eigenvalue weighted by Crippen LogP contribution is -2.24. The Morgan fingerprint density at radius 3 is 2.63 bits per heavy atom. The summed E-state index contributed by atoms with van der Waals surface area (Å²) in [6.07, 6.45) is 1.51. The Labute approximate surface area is 154 Å². The molecule has 2 heterocycles. The molecule has 0 saturated heterocycles. The summed E-state index contributed by atoms with van der Waals surface area (Å²) in [4.78, 5) is 29.9. The molecule has 0 atom stereocenters. The van der Waals surface area contributed by atoms with Gasteiger partial charge in [0.15, 0.2) is 5.65 Å². The molecule has 10 nitrogen and oxygen atoms in total. The number of H-pyrrole nitrogens is 1. The van der Waals surface area contributed by atoms with Crippen LogP contribution in [0.15, 0.2) is 35.3 Å². The number of nitro benzene ring substituents is 1. The summed E-state index contributed by atoms with van der Waals surface area (Å²) in [5.74, 6) is 0.322. The highest BCUT2D eigenvalue weighted by Gasteiger charge is 2.19. The van der Waals surface area contributed by atoms with Crippen LogP contribution in [0, 0.1) is 10.1 Å². The first-order valence-corrected chi connectivity index (χ1v) is 8.47. The summed E-state index contributed by atoms with van der Waals surface area (Å²) < 4.78 is 1.70. The third kappa shape index (κ3) is 3.89. The molecule has 0 aliphatic carbocycles. The number of nitrogens with zero attached hydrogens (tertiary/aromatic N) is 4. The highest BCUT2D eigenvalue weighted by atomic mass is 16.6. The molecule has 0 amide bonds. The second kappa shape index (κ2) is 7.06. The van der Waals surface area contributed by atoms with Crippen molar-refractivity contribution >= 4 is 28.4 Å². The van der Waals surface area contributed by atoms with Crippen molar-refractivity contribution in [3.05, 3.63) is 50.9 Å². The number of nitrogens with one attached hydrogen (secondary N) is 3.